The van der Waals surface area contributed by atoms with Gasteiger partial charge in [0, 0.05) is 53.3 Å². The zero-order chi connectivity index (χ0) is 30.6. The Morgan fingerprint density at radius 3 is 2.53 bits per heavy atom. The van der Waals surface area contributed by atoms with Crippen LogP contribution in [-0.4, -0.2) is 57.6 Å². The normalized spacial score (nSPS) is 16.4. The summed E-state index contributed by atoms with van der Waals surface area (Å²) in [4.78, 5) is 20.1. The minimum Gasteiger partial charge on any atom is -0.479 e. The number of carboxylic acid groups (broad SMARTS) is 1. The van der Waals surface area contributed by atoms with Crippen molar-refractivity contribution < 1.29 is 14.6 Å². The molecule has 0 unspecified atom stereocenters. The molecular weight excluding hydrogens is 582 g/mol. The summed E-state index contributed by atoms with van der Waals surface area (Å²) in [5.41, 5.74) is 5.32. The van der Waals surface area contributed by atoms with Crippen LogP contribution >= 0.6 is 22.9 Å². The van der Waals surface area contributed by atoms with Crippen molar-refractivity contribution in [3.05, 3.63) is 64.7 Å². The maximum absolute atomic E-state index is 12.7. The van der Waals surface area contributed by atoms with Crippen molar-refractivity contribution in [2.75, 3.05) is 25.0 Å². The quantitative estimate of drug-likeness (QED) is 0.199. The van der Waals surface area contributed by atoms with Gasteiger partial charge in [0.25, 0.3) is 0 Å². The predicted molar refractivity (Wildman–Crippen MR) is 175 cm³/mol. The molecule has 6 rings (SSSR count). The summed E-state index contributed by atoms with van der Waals surface area (Å²) in [6, 6.07) is 16.3. The number of ether oxygens (including phenoxy) is 1. The van der Waals surface area contributed by atoms with Crippen LogP contribution in [0.3, 0.4) is 0 Å². The highest BCUT2D eigenvalue weighted by Crippen LogP contribution is 2.45. The van der Waals surface area contributed by atoms with E-state index >= 15 is 0 Å². The fraction of sp³-hybridized carbons (Fsp3) is 0.364. The van der Waals surface area contributed by atoms with Crippen LogP contribution in [0, 0.1) is 6.92 Å². The first kappa shape index (κ1) is 29.6. The standard InChI is InChI=1S/C33H36ClN5O3S/c1-18-15-24-29(27(19-7-10-21(34)11-8-19)26(18)28(32(40)41)42-33(2,3)4)43-31(36-24)20-9-12-25-23(16-20)30(37-38(25)6)39-14-13-22(17-39)35-5/h7-12,15-16,22,28,35H,13-14,17H2,1-6H3,(H,40,41)/t22-,28-/m0/s1. The summed E-state index contributed by atoms with van der Waals surface area (Å²) in [5.74, 6) is -0.0452. The van der Waals surface area contributed by atoms with Gasteiger partial charge in [0.1, 0.15) is 5.01 Å². The summed E-state index contributed by atoms with van der Waals surface area (Å²) in [6.45, 7) is 9.41. The summed E-state index contributed by atoms with van der Waals surface area (Å²) in [6.07, 6.45) is -0.0748. The molecular formula is C33H36ClN5O3S. The Kier molecular flexibility index (Phi) is 7.71. The number of fused-ring (bicyclic) bond motifs is 2. The van der Waals surface area contributed by atoms with Gasteiger partial charge in [0.2, 0.25) is 0 Å². The number of anilines is 1. The predicted octanol–water partition coefficient (Wildman–Crippen LogP) is 7.22. The lowest BCUT2D eigenvalue weighted by atomic mass is 9.91. The molecule has 1 aliphatic rings. The van der Waals surface area contributed by atoms with Gasteiger partial charge in [-0.2, -0.15) is 5.10 Å². The number of aromatic nitrogens is 3. The Labute approximate surface area is 260 Å². The molecule has 5 aromatic rings. The van der Waals surface area contributed by atoms with E-state index in [0.717, 1.165) is 73.7 Å². The third-order valence-electron chi connectivity index (χ3n) is 7.99. The molecule has 2 atom stereocenters. The maximum atomic E-state index is 12.7. The average Bonchev–Trinajstić information content (AvgIpc) is 3.68. The lowest BCUT2D eigenvalue weighted by Crippen LogP contribution is -2.29. The van der Waals surface area contributed by atoms with Crippen LogP contribution in [0.5, 0.6) is 0 Å². The zero-order valence-electron chi connectivity index (χ0n) is 25.2. The fourth-order valence-corrected chi connectivity index (χ4v) is 7.21. The van der Waals surface area contributed by atoms with Crippen molar-refractivity contribution >= 4 is 55.8 Å². The number of nitrogens with zero attached hydrogens (tertiary/aromatic N) is 4. The third kappa shape index (κ3) is 5.62. The van der Waals surface area contributed by atoms with Crippen LogP contribution in [-0.2, 0) is 16.6 Å². The van der Waals surface area contributed by atoms with Gasteiger partial charge in [0.05, 0.1) is 21.3 Å². The number of carbonyl (C=O) groups is 1. The monoisotopic (exact) mass is 617 g/mol. The summed E-state index contributed by atoms with van der Waals surface area (Å²) in [5, 5.41) is 21.2. The van der Waals surface area contributed by atoms with Crippen LogP contribution in [0.25, 0.3) is 42.8 Å². The highest BCUT2D eigenvalue weighted by Gasteiger charge is 2.32. The van der Waals surface area contributed by atoms with Crippen LogP contribution in [0.1, 0.15) is 44.4 Å². The van der Waals surface area contributed by atoms with Crippen molar-refractivity contribution in [3.63, 3.8) is 0 Å². The van der Waals surface area contributed by atoms with E-state index in [0.29, 0.717) is 16.6 Å². The molecule has 0 spiro atoms. The van der Waals surface area contributed by atoms with Crippen molar-refractivity contribution in [2.45, 2.75) is 51.9 Å². The van der Waals surface area contributed by atoms with E-state index in [1.54, 1.807) is 11.3 Å². The molecule has 1 saturated heterocycles. The van der Waals surface area contributed by atoms with Crippen LogP contribution in [0.15, 0.2) is 48.5 Å². The average molecular weight is 618 g/mol. The van der Waals surface area contributed by atoms with Crippen molar-refractivity contribution in [1.82, 2.24) is 20.1 Å². The number of hydrogen-bond donors (Lipinski definition) is 2. The Balaban J connectivity index is 1.54. The number of benzene rings is 3. The third-order valence-corrected chi connectivity index (χ3v) is 9.38. The van der Waals surface area contributed by atoms with Gasteiger partial charge in [-0.05, 0) is 88.7 Å². The number of likely N-dealkylation sites (N-methyl/N-ethyl adjacent to an activating group) is 1. The van der Waals surface area contributed by atoms with Gasteiger partial charge in [-0.15, -0.1) is 11.3 Å². The van der Waals surface area contributed by atoms with Gasteiger partial charge in [-0.3, -0.25) is 4.68 Å². The molecule has 2 aromatic heterocycles. The van der Waals surface area contributed by atoms with Gasteiger partial charge < -0.3 is 20.1 Å². The second-order valence-corrected chi connectivity index (χ2v) is 13.6. The van der Waals surface area contributed by atoms with E-state index in [2.05, 4.69) is 28.4 Å². The Morgan fingerprint density at radius 2 is 1.88 bits per heavy atom. The SMILES string of the molecule is CN[C@H]1CCN(c2nn(C)c3ccc(-c4nc5cc(C)c([C@H](OC(C)(C)C)C(=O)O)c(-c6ccc(Cl)cc6)c5s4)cc23)C1. The number of aryl methyl sites for hydroxylation is 2. The van der Waals surface area contributed by atoms with Gasteiger partial charge in [-0.1, -0.05) is 23.7 Å². The zero-order valence-corrected chi connectivity index (χ0v) is 26.8. The first-order chi connectivity index (χ1) is 20.4. The maximum Gasteiger partial charge on any atom is 0.337 e. The second-order valence-electron chi connectivity index (χ2n) is 12.2. The van der Waals surface area contributed by atoms with E-state index in [9.17, 15) is 9.90 Å². The first-order valence-electron chi connectivity index (χ1n) is 14.4. The topological polar surface area (TPSA) is 92.5 Å². The molecule has 2 N–H and O–H groups in total. The molecule has 43 heavy (non-hydrogen) atoms. The largest absolute Gasteiger partial charge is 0.479 e. The van der Waals surface area contributed by atoms with Gasteiger partial charge in [0.15, 0.2) is 11.9 Å². The molecule has 0 aliphatic carbocycles. The van der Waals surface area contributed by atoms with E-state index < -0.39 is 17.7 Å². The Bertz CT molecular complexity index is 1840. The number of carboxylic acids is 1. The lowest BCUT2D eigenvalue weighted by Gasteiger charge is -2.28. The number of nitrogens with one attached hydrogen (secondary N) is 1. The van der Waals surface area contributed by atoms with Gasteiger partial charge >= 0.3 is 5.97 Å². The minimum atomic E-state index is -1.16. The summed E-state index contributed by atoms with van der Waals surface area (Å²) >= 11 is 7.82. The van der Waals surface area contributed by atoms with Crippen molar-refractivity contribution in [3.8, 4) is 21.7 Å². The lowest BCUT2D eigenvalue weighted by molar-refractivity contribution is -0.160. The highest BCUT2D eigenvalue weighted by molar-refractivity contribution is 7.22. The molecule has 224 valence electrons. The summed E-state index contributed by atoms with van der Waals surface area (Å²) < 4.78 is 9.01. The molecule has 0 amide bonds. The van der Waals surface area contributed by atoms with E-state index in [4.69, 9.17) is 26.4 Å². The van der Waals surface area contributed by atoms with Crippen LogP contribution < -0.4 is 10.2 Å². The summed E-state index contributed by atoms with van der Waals surface area (Å²) in [7, 11) is 3.99. The Morgan fingerprint density at radius 1 is 1.16 bits per heavy atom. The van der Waals surface area contributed by atoms with Gasteiger partial charge in [-0.25, -0.2) is 9.78 Å². The number of rotatable bonds is 7. The molecule has 3 heterocycles. The molecule has 1 fully saturated rings. The molecule has 10 heteroatoms. The van der Waals surface area contributed by atoms with E-state index in [1.165, 1.54) is 0 Å². The number of hydrogen-bond acceptors (Lipinski definition) is 7. The van der Waals surface area contributed by atoms with Crippen LogP contribution in [0.2, 0.25) is 5.02 Å². The van der Waals surface area contributed by atoms with E-state index in [-0.39, 0.29) is 0 Å². The molecule has 8 nitrogen and oxygen atoms in total. The molecule has 0 radical (unpaired) electrons. The number of thiazole rings is 1. The first-order valence-corrected chi connectivity index (χ1v) is 15.6. The van der Waals surface area contributed by atoms with Crippen LogP contribution in [0.4, 0.5) is 5.82 Å². The fourth-order valence-electron chi connectivity index (χ4n) is 5.96. The van der Waals surface area contributed by atoms with E-state index in [1.807, 2.05) is 76.8 Å². The second kappa shape index (κ2) is 11.2. The number of halogens is 1. The Hall–Kier alpha value is -3.50. The molecule has 1 aliphatic heterocycles. The molecule has 3 aromatic carbocycles. The minimum absolute atomic E-state index is 0.449. The molecule has 0 saturated carbocycles. The number of aliphatic carboxylic acids is 1. The molecule has 0 bridgehead atoms. The van der Waals surface area contributed by atoms with Crippen molar-refractivity contribution in [1.29, 1.82) is 0 Å². The highest BCUT2D eigenvalue weighted by atomic mass is 35.5. The smallest absolute Gasteiger partial charge is 0.337 e. The van der Waals surface area contributed by atoms with Crippen molar-refractivity contribution in [2.24, 2.45) is 7.05 Å².